The van der Waals surface area contributed by atoms with Crippen molar-refractivity contribution in [3.05, 3.63) is 35.4 Å². The van der Waals surface area contributed by atoms with Crippen LogP contribution in [0.3, 0.4) is 0 Å². The molecule has 0 fully saturated rings. The van der Waals surface area contributed by atoms with Gasteiger partial charge in [-0.25, -0.2) is 4.79 Å². The highest BCUT2D eigenvalue weighted by molar-refractivity contribution is 5.82. The second-order valence-electron chi connectivity index (χ2n) is 3.62. The third-order valence-electron chi connectivity index (χ3n) is 3.04. The molecule has 0 bridgehead atoms. The molecule has 0 saturated carbocycles. The van der Waals surface area contributed by atoms with E-state index < -0.39 is 11.5 Å². The van der Waals surface area contributed by atoms with Gasteiger partial charge in [0.1, 0.15) is 5.54 Å². The lowest BCUT2D eigenvalue weighted by Gasteiger charge is -2.24. The fourth-order valence-electron chi connectivity index (χ4n) is 2.20. The summed E-state index contributed by atoms with van der Waals surface area (Å²) in [7, 11) is 1.70. The summed E-state index contributed by atoms with van der Waals surface area (Å²) in [6.07, 6.45) is 1.47. The van der Waals surface area contributed by atoms with E-state index in [0.717, 1.165) is 17.5 Å². The number of nitrogens with one attached hydrogen (secondary N) is 1. The van der Waals surface area contributed by atoms with Crippen molar-refractivity contribution in [3.63, 3.8) is 0 Å². The smallest absolute Gasteiger partial charge is 0.328 e. The van der Waals surface area contributed by atoms with E-state index in [9.17, 15) is 9.90 Å². The van der Waals surface area contributed by atoms with E-state index in [4.69, 9.17) is 0 Å². The largest absolute Gasteiger partial charge is 0.480 e. The molecule has 3 nitrogen and oxygen atoms in total. The minimum absolute atomic E-state index is 0.637. The predicted molar refractivity (Wildman–Crippen MR) is 53.1 cm³/mol. The number of aliphatic carboxylic acids is 1. The number of fused-ring (bicyclic) bond motifs is 1. The van der Waals surface area contributed by atoms with Crippen LogP contribution in [0.25, 0.3) is 0 Å². The number of carboxylic acids is 1. The monoisotopic (exact) mass is 191 g/mol. The van der Waals surface area contributed by atoms with Crippen molar-refractivity contribution in [3.8, 4) is 0 Å². The Kier molecular flexibility index (Phi) is 2.04. The Bertz CT molecular complexity index is 375. The van der Waals surface area contributed by atoms with Gasteiger partial charge < -0.3 is 10.4 Å². The molecule has 0 saturated heterocycles. The topological polar surface area (TPSA) is 49.3 Å². The van der Waals surface area contributed by atoms with Crippen LogP contribution in [-0.4, -0.2) is 18.1 Å². The Morgan fingerprint density at radius 2 is 2.21 bits per heavy atom. The molecule has 2 rings (SSSR count). The lowest BCUT2D eigenvalue weighted by atomic mass is 9.92. The lowest BCUT2D eigenvalue weighted by Crippen LogP contribution is -2.45. The highest BCUT2D eigenvalue weighted by atomic mass is 16.4. The highest BCUT2D eigenvalue weighted by Crippen LogP contribution is 2.36. The van der Waals surface area contributed by atoms with Gasteiger partial charge in [0.05, 0.1) is 0 Å². The van der Waals surface area contributed by atoms with Crippen LogP contribution < -0.4 is 5.32 Å². The number of hydrogen-bond donors (Lipinski definition) is 2. The summed E-state index contributed by atoms with van der Waals surface area (Å²) in [5, 5.41) is 12.2. The molecule has 3 heteroatoms. The van der Waals surface area contributed by atoms with Crippen LogP contribution in [0.2, 0.25) is 0 Å². The van der Waals surface area contributed by atoms with Gasteiger partial charge >= 0.3 is 5.97 Å². The Labute approximate surface area is 82.8 Å². The molecular weight excluding hydrogens is 178 g/mol. The number of hydrogen-bond acceptors (Lipinski definition) is 2. The molecule has 0 heterocycles. The van der Waals surface area contributed by atoms with Crippen molar-refractivity contribution in [2.45, 2.75) is 18.4 Å². The minimum Gasteiger partial charge on any atom is -0.480 e. The molecule has 1 aliphatic rings. The van der Waals surface area contributed by atoms with Gasteiger partial charge in [-0.1, -0.05) is 24.3 Å². The third-order valence-corrected chi connectivity index (χ3v) is 3.04. The van der Waals surface area contributed by atoms with Crippen LogP contribution in [0.5, 0.6) is 0 Å². The average Bonchev–Trinajstić information content (AvgIpc) is 2.57. The first-order valence-corrected chi connectivity index (χ1v) is 4.71. The molecular formula is C11H13NO2. The molecule has 0 spiro atoms. The van der Waals surface area contributed by atoms with E-state index in [-0.39, 0.29) is 0 Å². The van der Waals surface area contributed by atoms with Crippen molar-refractivity contribution in [1.29, 1.82) is 0 Å². The van der Waals surface area contributed by atoms with Gasteiger partial charge in [-0.05, 0) is 31.0 Å². The van der Waals surface area contributed by atoms with Gasteiger partial charge in [-0.3, -0.25) is 0 Å². The first kappa shape index (κ1) is 9.21. The van der Waals surface area contributed by atoms with Crippen LogP contribution >= 0.6 is 0 Å². The normalized spacial score (nSPS) is 24.6. The maximum absolute atomic E-state index is 11.3. The van der Waals surface area contributed by atoms with Crippen LogP contribution in [0, 0.1) is 0 Å². The molecule has 0 aliphatic heterocycles. The van der Waals surface area contributed by atoms with E-state index in [2.05, 4.69) is 5.32 Å². The lowest BCUT2D eigenvalue weighted by molar-refractivity contribution is -0.145. The van der Waals surface area contributed by atoms with E-state index >= 15 is 0 Å². The van der Waals surface area contributed by atoms with Gasteiger partial charge in [0.15, 0.2) is 0 Å². The fraction of sp³-hybridized carbons (Fsp3) is 0.364. The first-order chi connectivity index (χ1) is 6.70. The molecule has 1 aromatic rings. The van der Waals surface area contributed by atoms with E-state index in [1.165, 1.54) is 0 Å². The van der Waals surface area contributed by atoms with E-state index in [1.807, 2.05) is 24.3 Å². The zero-order valence-corrected chi connectivity index (χ0v) is 8.08. The second kappa shape index (κ2) is 3.10. The van der Waals surface area contributed by atoms with Crippen molar-refractivity contribution in [1.82, 2.24) is 5.32 Å². The molecule has 74 valence electrons. The van der Waals surface area contributed by atoms with Crippen molar-refractivity contribution in [2.75, 3.05) is 7.05 Å². The Balaban J connectivity index is 2.55. The number of rotatable bonds is 2. The van der Waals surface area contributed by atoms with E-state index in [0.29, 0.717) is 6.42 Å². The molecule has 2 N–H and O–H groups in total. The third kappa shape index (κ3) is 1.06. The van der Waals surface area contributed by atoms with Crippen LogP contribution in [0.4, 0.5) is 0 Å². The maximum Gasteiger partial charge on any atom is 0.328 e. The first-order valence-electron chi connectivity index (χ1n) is 4.71. The molecule has 0 amide bonds. The summed E-state index contributed by atoms with van der Waals surface area (Å²) in [5.41, 5.74) is 1.19. The molecule has 1 atom stereocenters. The van der Waals surface area contributed by atoms with Gasteiger partial charge in [0, 0.05) is 0 Å². The zero-order chi connectivity index (χ0) is 10.2. The maximum atomic E-state index is 11.3. The number of likely N-dealkylation sites (N-methyl/N-ethyl adjacent to an activating group) is 1. The number of carboxylic acid groups (broad SMARTS) is 1. The number of aryl methyl sites for hydroxylation is 1. The van der Waals surface area contributed by atoms with Crippen molar-refractivity contribution in [2.24, 2.45) is 0 Å². The second-order valence-corrected chi connectivity index (χ2v) is 3.62. The fourth-order valence-corrected chi connectivity index (χ4v) is 2.20. The molecule has 0 unspecified atom stereocenters. The molecule has 1 aliphatic carbocycles. The molecule has 0 radical (unpaired) electrons. The van der Waals surface area contributed by atoms with Crippen LogP contribution in [0.15, 0.2) is 24.3 Å². The summed E-state index contributed by atoms with van der Waals surface area (Å²) in [6, 6.07) is 7.73. The molecule has 0 aromatic heterocycles. The van der Waals surface area contributed by atoms with Crippen LogP contribution in [-0.2, 0) is 16.8 Å². The van der Waals surface area contributed by atoms with Crippen molar-refractivity contribution < 1.29 is 9.90 Å². The molecule has 14 heavy (non-hydrogen) atoms. The number of carbonyl (C=O) groups is 1. The Morgan fingerprint density at radius 3 is 2.86 bits per heavy atom. The van der Waals surface area contributed by atoms with E-state index in [1.54, 1.807) is 7.05 Å². The average molecular weight is 191 g/mol. The summed E-state index contributed by atoms with van der Waals surface area (Å²) in [5.74, 6) is -0.787. The molecule has 1 aromatic carbocycles. The summed E-state index contributed by atoms with van der Waals surface area (Å²) >= 11 is 0. The highest BCUT2D eigenvalue weighted by Gasteiger charge is 2.43. The van der Waals surface area contributed by atoms with Gasteiger partial charge in [0.25, 0.3) is 0 Å². The summed E-state index contributed by atoms with van der Waals surface area (Å²) in [6.45, 7) is 0. The van der Waals surface area contributed by atoms with Crippen LogP contribution in [0.1, 0.15) is 17.5 Å². The summed E-state index contributed by atoms with van der Waals surface area (Å²) in [4.78, 5) is 11.3. The van der Waals surface area contributed by atoms with Crippen molar-refractivity contribution >= 4 is 5.97 Å². The SMILES string of the molecule is CN[C@]1(C(=O)O)CCc2ccccc21. The predicted octanol–water partition coefficient (Wildman–Crippen LogP) is 1.13. The van der Waals surface area contributed by atoms with Gasteiger partial charge in [-0.2, -0.15) is 0 Å². The Hall–Kier alpha value is -1.35. The zero-order valence-electron chi connectivity index (χ0n) is 8.08. The summed E-state index contributed by atoms with van der Waals surface area (Å²) < 4.78 is 0. The van der Waals surface area contributed by atoms with Gasteiger partial charge in [-0.15, -0.1) is 0 Å². The Morgan fingerprint density at radius 1 is 1.50 bits per heavy atom. The standard InChI is InChI=1S/C11H13NO2/c1-12-11(10(13)14)7-6-8-4-2-3-5-9(8)11/h2-5,12H,6-7H2,1H3,(H,13,14)/t11-/m1/s1. The quantitative estimate of drug-likeness (QED) is 0.736. The number of benzene rings is 1. The van der Waals surface area contributed by atoms with Gasteiger partial charge in [0.2, 0.25) is 0 Å². The minimum atomic E-state index is -0.864.